The standard InChI is InChI=1S/C22H30O2/c1-18(2)10-8-11-19(3)12-9-13-20(4)16-17-24-22(23)21-14-6-5-7-15-21/h5-7,10,12,14-16H,8-9,11,13,17H2,1-4H3/b19-12+,20-16-. The first-order chi connectivity index (χ1) is 11.5. The lowest BCUT2D eigenvalue weighted by atomic mass is 10.1. The minimum atomic E-state index is -0.269. The van der Waals surface area contributed by atoms with Crippen molar-refractivity contribution < 1.29 is 9.53 Å². The fourth-order valence-electron chi connectivity index (χ4n) is 2.26. The molecule has 1 aromatic rings. The number of carbonyl (C=O) groups excluding carboxylic acids is 1. The summed E-state index contributed by atoms with van der Waals surface area (Å²) in [5.41, 5.74) is 4.67. The highest BCUT2D eigenvalue weighted by atomic mass is 16.5. The molecule has 0 spiro atoms. The Morgan fingerprint density at radius 1 is 0.875 bits per heavy atom. The zero-order valence-corrected chi connectivity index (χ0v) is 15.5. The van der Waals surface area contributed by atoms with E-state index >= 15 is 0 Å². The van der Waals surface area contributed by atoms with E-state index in [0.717, 1.165) is 25.7 Å². The molecule has 0 radical (unpaired) electrons. The fourth-order valence-corrected chi connectivity index (χ4v) is 2.26. The first-order valence-corrected chi connectivity index (χ1v) is 8.66. The molecule has 0 amide bonds. The Morgan fingerprint density at radius 2 is 1.46 bits per heavy atom. The molecule has 24 heavy (non-hydrogen) atoms. The molecule has 0 aromatic heterocycles. The third-order valence-electron chi connectivity index (χ3n) is 3.78. The highest BCUT2D eigenvalue weighted by Crippen LogP contribution is 2.11. The predicted molar refractivity (Wildman–Crippen MR) is 102 cm³/mol. The Morgan fingerprint density at radius 3 is 2.08 bits per heavy atom. The number of hydrogen-bond donors (Lipinski definition) is 0. The van der Waals surface area contributed by atoms with Crippen LogP contribution in [0.5, 0.6) is 0 Å². The summed E-state index contributed by atoms with van der Waals surface area (Å²) in [5.74, 6) is -0.269. The van der Waals surface area contributed by atoms with Crippen molar-refractivity contribution >= 4 is 5.97 Å². The van der Waals surface area contributed by atoms with Crippen molar-refractivity contribution in [2.45, 2.75) is 53.4 Å². The van der Waals surface area contributed by atoms with Gasteiger partial charge in [0.1, 0.15) is 6.61 Å². The summed E-state index contributed by atoms with van der Waals surface area (Å²) in [7, 11) is 0. The van der Waals surface area contributed by atoms with Crippen LogP contribution >= 0.6 is 0 Å². The van der Waals surface area contributed by atoms with Crippen molar-refractivity contribution in [3.8, 4) is 0 Å². The van der Waals surface area contributed by atoms with E-state index in [1.807, 2.05) is 24.3 Å². The van der Waals surface area contributed by atoms with Crippen molar-refractivity contribution in [3.63, 3.8) is 0 Å². The van der Waals surface area contributed by atoms with Gasteiger partial charge in [-0.15, -0.1) is 0 Å². The van der Waals surface area contributed by atoms with Gasteiger partial charge in [0.25, 0.3) is 0 Å². The van der Waals surface area contributed by atoms with Gasteiger partial charge in [0.15, 0.2) is 0 Å². The molecule has 0 aliphatic carbocycles. The van der Waals surface area contributed by atoms with Gasteiger partial charge in [-0.3, -0.25) is 0 Å². The Bertz CT molecular complexity index is 588. The van der Waals surface area contributed by atoms with Crippen LogP contribution in [0.4, 0.5) is 0 Å². The molecule has 0 heterocycles. The number of benzene rings is 1. The van der Waals surface area contributed by atoms with Crippen LogP contribution in [-0.2, 0) is 4.74 Å². The van der Waals surface area contributed by atoms with Crippen LogP contribution in [0.15, 0.2) is 65.3 Å². The number of allylic oxidation sites excluding steroid dienone is 5. The molecule has 2 heteroatoms. The lowest BCUT2D eigenvalue weighted by Crippen LogP contribution is -2.04. The summed E-state index contributed by atoms with van der Waals surface area (Å²) in [4.78, 5) is 11.8. The second-order valence-corrected chi connectivity index (χ2v) is 6.42. The van der Waals surface area contributed by atoms with Crippen molar-refractivity contribution in [2.75, 3.05) is 6.61 Å². The van der Waals surface area contributed by atoms with Gasteiger partial charge in [0, 0.05) is 0 Å². The molecule has 0 aliphatic rings. The van der Waals surface area contributed by atoms with Crippen LogP contribution in [-0.4, -0.2) is 12.6 Å². The second kappa shape index (κ2) is 11.4. The van der Waals surface area contributed by atoms with E-state index in [0.29, 0.717) is 12.2 Å². The molecule has 0 unspecified atom stereocenters. The Balaban J connectivity index is 2.27. The molecule has 0 bridgehead atoms. The third kappa shape index (κ3) is 9.14. The maximum Gasteiger partial charge on any atom is 0.338 e. The van der Waals surface area contributed by atoms with Crippen molar-refractivity contribution in [1.29, 1.82) is 0 Å². The van der Waals surface area contributed by atoms with E-state index in [9.17, 15) is 4.79 Å². The number of esters is 1. The van der Waals surface area contributed by atoms with Gasteiger partial charge < -0.3 is 4.74 Å². The van der Waals surface area contributed by atoms with Crippen LogP contribution in [0.3, 0.4) is 0 Å². The first kappa shape index (κ1) is 20.0. The van der Waals surface area contributed by atoms with Gasteiger partial charge >= 0.3 is 5.97 Å². The molecular formula is C22H30O2. The van der Waals surface area contributed by atoms with Gasteiger partial charge in [0.2, 0.25) is 0 Å². The fraction of sp³-hybridized carbons (Fsp3) is 0.409. The smallest absolute Gasteiger partial charge is 0.338 e. The normalized spacial score (nSPS) is 12.0. The van der Waals surface area contributed by atoms with E-state index in [-0.39, 0.29) is 5.97 Å². The maximum atomic E-state index is 11.8. The first-order valence-electron chi connectivity index (χ1n) is 8.66. The second-order valence-electron chi connectivity index (χ2n) is 6.42. The van der Waals surface area contributed by atoms with Crippen molar-refractivity contribution in [3.05, 3.63) is 70.8 Å². The molecule has 0 aliphatic heterocycles. The molecule has 0 N–H and O–H groups in total. The number of ether oxygens (including phenoxy) is 1. The minimum absolute atomic E-state index is 0.269. The lowest BCUT2D eigenvalue weighted by Gasteiger charge is -2.04. The molecule has 0 saturated heterocycles. The number of carbonyl (C=O) groups is 1. The summed E-state index contributed by atoms with van der Waals surface area (Å²) in [6.07, 6.45) is 10.9. The molecule has 0 saturated carbocycles. The summed E-state index contributed by atoms with van der Waals surface area (Å²) in [6.45, 7) is 8.89. The molecule has 1 rings (SSSR count). The maximum absolute atomic E-state index is 11.8. The van der Waals surface area contributed by atoms with Crippen LogP contribution in [0, 0.1) is 0 Å². The molecule has 1 aromatic carbocycles. The SMILES string of the molecule is CC(C)=CCC/C(C)=C/CC/C(C)=C\COC(=O)c1ccccc1. The van der Waals surface area contributed by atoms with Gasteiger partial charge in [-0.2, -0.15) is 0 Å². The van der Waals surface area contributed by atoms with E-state index in [1.54, 1.807) is 12.1 Å². The zero-order chi connectivity index (χ0) is 17.8. The van der Waals surface area contributed by atoms with Gasteiger partial charge in [0.05, 0.1) is 5.56 Å². The molecule has 0 fully saturated rings. The van der Waals surface area contributed by atoms with Gasteiger partial charge in [-0.05, 0) is 71.6 Å². The highest BCUT2D eigenvalue weighted by Gasteiger charge is 2.04. The molecular weight excluding hydrogens is 296 g/mol. The topological polar surface area (TPSA) is 26.3 Å². The summed E-state index contributed by atoms with van der Waals surface area (Å²) >= 11 is 0. The Hall–Kier alpha value is -2.09. The average molecular weight is 326 g/mol. The third-order valence-corrected chi connectivity index (χ3v) is 3.78. The van der Waals surface area contributed by atoms with Gasteiger partial charge in [-0.1, -0.05) is 47.1 Å². The summed E-state index contributed by atoms with van der Waals surface area (Å²) in [5, 5.41) is 0. The van der Waals surface area contributed by atoms with Crippen LogP contribution in [0.25, 0.3) is 0 Å². The Labute approximate surface area is 146 Å². The summed E-state index contributed by atoms with van der Waals surface area (Å²) in [6, 6.07) is 9.09. The van der Waals surface area contributed by atoms with Crippen LogP contribution in [0.2, 0.25) is 0 Å². The van der Waals surface area contributed by atoms with E-state index < -0.39 is 0 Å². The van der Waals surface area contributed by atoms with E-state index in [2.05, 4.69) is 39.8 Å². The van der Waals surface area contributed by atoms with E-state index in [4.69, 9.17) is 4.74 Å². The van der Waals surface area contributed by atoms with Crippen LogP contribution in [0.1, 0.15) is 63.7 Å². The average Bonchev–Trinajstić information content (AvgIpc) is 2.55. The lowest BCUT2D eigenvalue weighted by molar-refractivity contribution is 0.0549. The quantitative estimate of drug-likeness (QED) is 0.395. The molecule has 2 nitrogen and oxygen atoms in total. The van der Waals surface area contributed by atoms with Gasteiger partial charge in [-0.25, -0.2) is 4.79 Å². The Kier molecular flexibility index (Phi) is 9.52. The minimum Gasteiger partial charge on any atom is -0.458 e. The largest absolute Gasteiger partial charge is 0.458 e. The highest BCUT2D eigenvalue weighted by molar-refractivity contribution is 5.89. The molecule has 130 valence electrons. The predicted octanol–water partition coefficient (Wildman–Crippen LogP) is 6.26. The summed E-state index contributed by atoms with van der Waals surface area (Å²) < 4.78 is 5.26. The number of hydrogen-bond acceptors (Lipinski definition) is 2. The number of rotatable bonds is 9. The van der Waals surface area contributed by atoms with Crippen molar-refractivity contribution in [2.24, 2.45) is 0 Å². The molecule has 0 atom stereocenters. The monoisotopic (exact) mass is 326 g/mol. The van der Waals surface area contributed by atoms with Crippen LogP contribution < -0.4 is 0 Å². The van der Waals surface area contributed by atoms with Crippen molar-refractivity contribution in [1.82, 2.24) is 0 Å². The van der Waals surface area contributed by atoms with E-state index in [1.165, 1.54) is 16.7 Å². The zero-order valence-electron chi connectivity index (χ0n) is 15.5.